The van der Waals surface area contributed by atoms with E-state index in [1.165, 1.54) is 4.90 Å². The predicted octanol–water partition coefficient (Wildman–Crippen LogP) is 0.441. The number of nitrogens with one attached hydrogen (secondary N) is 1. The number of nitrogens with zero attached hydrogens (tertiary/aromatic N) is 2. The van der Waals surface area contributed by atoms with Crippen LogP contribution in [-0.2, 0) is 4.79 Å². The van der Waals surface area contributed by atoms with Gasteiger partial charge in [0.1, 0.15) is 6.54 Å². The minimum atomic E-state index is -1.01. The van der Waals surface area contributed by atoms with Gasteiger partial charge in [0.2, 0.25) is 0 Å². The third-order valence-electron chi connectivity index (χ3n) is 2.20. The molecule has 0 heterocycles. The number of likely N-dealkylation sites (N-methyl/N-ethyl adjacent to an activating group) is 1. The molecule has 0 bridgehead atoms. The molecule has 0 rings (SSSR count). The molecule has 0 spiro atoms. The van der Waals surface area contributed by atoms with Crippen molar-refractivity contribution < 1.29 is 14.7 Å². The van der Waals surface area contributed by atoms with E-state index < -0.39 is 5.97 Å². The fraction of sp³-hybridized carbons (Fsp3) is 0.818. The van der Waals surface area contributed by atoms with Gasteiger partial charge < -0.3 is 20.2 Å². The molecule has 1 atom stereocenters. The highest BCUT2D eigenvalue weighted by molar-refractivity contribution is 5.80. The van der Waals surface area contributed by atoms with E-state index >= 15 is 0 Å². The summed E-state index contributed by atoms with van der Waals surface area (Å²) in [6.07, 6.45) is 0. The number of amides is 2. The average Bonchev–Trinajstić information content (AvgIpc) is 2.11. The maximum Gasteiger partial charge on any atom is 0.323 e. The van der Waals surface area contributed by atoms with Gasteiger partial charge in [-0.25, -0.2) is 4.79 Å². The molecule has 100 valence electrons. The third-order valence-corrected chi connectivity index (χ3v) is 2.20. The normalized spacial score (nSPS) is 12.6. The third kappa shape index (κ3) is 6.78. The van der Waals surface area contributed by atoms with Gasteiger partial charge in [0.15, 0.2) is 0 Å². The quantitative estimate of drug-likeness (QED) is 0.712. The van der Waals surface area contributed by atoms with Gasteiger partial charge in [-0.3, -0.25) is 4.79 Å². The van der Waals surface area contributed by atoms with Crippen molar-refractivity contribution in [3.63, 3.8) is 0 Å². The molecule has 0 saturated heterocycles. The first kappa shape index (κ1) is 15.7. The van der Waals surface area contributed by atoms with Gasteiger partial charge in [-0.2, -0.15) is 0 Å². The first-order chi connectivity index (χ1) is 7.73. The van der Waals surface area contributed by atoms with Crippen molar-refractivity contribution in [2.45, 2.75) is 32.9 Å². The summed E-state index contributed by atoms with van der Waals surface area (Å²) >= 11 is 0. The number of carbonyl (C=O) groups excluding carboxylic acids is 1. The fourth-order valence-corrected chi connectivity index (χ4v) is 1.52. The Kier molecular flexibility index (Phi) is 6.57. The number of carboxylic acid groups (broad SMARTS) is 1. The molecule has 0 aliphatic carbocycles. The molecule has 0 aromatic heterocycles. The summed E-state index contributed by atoms with van der Waals surface area (Å²) < 4.78 is 0. The highest BCUT2D eigenvalue weighted by atomic mass is 16.4. The molecule has 2 amide bonds. The molecule has 0 aromatic carbocycles. The number of carboxylic acids is 1. The monoisotopic (exact) mass is 245 g/mol. The van der Waals surface area contributed by atoms with Crippen molar-refractivity contribution in [1.29, 1.82) is 0 Å². The SMILES string of the molecule is CC(CN(C)C)NC(=O)N(CC(=O)O)C(C)C. The average molecular weight is 245 g/mol. The van der Waals surface area contributed by atoms with Crippen molar-refractivity contribution in [3.8, 4) is 0 Å². The van der Waals surface area contributed by atoms with Crippen LogP contribution in [0.2, 0.25) is 0 Å². The van der Waals surface area contributed by atoms with E-state index in [-0.39, 0.29) is 24.7 Å². The molecule has 0 aliphatic rings. The van der Waals surface area contributed by atoms with Gasteiger partial charge in [0, 0.05) is 18.6 Å². The number of carbonyl (C=O) groups is 2. The standard InChI is InChI=1S/C11H23N3O3/c1-8(2)14(7-10(15)16)11(17)12-9(3)6-13(4)5/h8-9H,6-7H2,1-5H3,(H,12,17)(H,15,16). The van der Waals surface area contributed by atoms with Crippen LogP contribution in [0, 0.1) is 0 Å². The van der Waals surface area contributed by atoms with Crippen LogP contribution in [0.5, 0.6) is 0 Å². The Bertz CT molecular complexity index is 267. The smallest absolute Gasteiger partial charge is 0.323 e. The van der Waals surface area contributed by atoms with Crippen LogP contribution in [0.3, 0.4) is 0 Å². The Morgan fingerprint density at radius 2 is 1.76 bits per heavy atom. The van der Waals surface area contributed by atoms with Crippen LogP contribution >= 0.6 is 0 Å². The molecule has 0 aliphatic heterocycles. The molecular formula is C11H23N3O3. The number of rotatable bonds is 6. The largest absolute Gasteiger partial charge is 0.480 e. The summed E-state index contributed by atoms with van der Waals surface area (Å²) in [5.74, 6) is -1.01. The molecule has 0 fully saturated rings. The van der Waals surface area contributed by atoms with Crippen molar-refractivity contribution in [2.24, 2.45) is 0 Å². The van der Waals surface area contributed by atoms with E-state index in [2.05, 4.69) is 5.32 Å². The lowest BCUT2D eigenvalue weighted by Gasteiger charge is -2.27. The van der Waals surface area contributed by atoms with E-state index in [1.54, 1.807) is 13.8 Å². The second-order valence-corrected chi connectivity index (χ2v) is 4.73. The van der Waals surface area contributed by atoms with Crippen LogP contribution in [0.15, 0.2) is 0 Å². The van der Waals surface area contributed by atoms with Gasteiger partial charge in [-0.1, -0.05) is 0 Å². The maximum atomic E-state index is 11.8. The Balaban J connectivity index is 4.37. The zero-order valence-electron chi connectivity index (χ0n) is 11.2. The zero-order chi connectivity index (χ0) is 13.6. The lowest BCUT2D eigenvalue weighted by Crippen LogP contribution is -2.50. The van der Waals surface area contributed by atoms with Gasteiger partial charge in [-0.05, 0) is 34.9 Å². The summed E-state index contributed by atoms with van der Waals surface area (Å²) in [5.41, 5.74) is 0. The van der Waals surface area contributed by atoms with Gasteiger partial charge in [-0.15, -0.1) is 0 Å². The lowest BCUT2D eigenvalue weighted by atomic mass is 10.3. The van der Waals surface area contributed by atoms with E-state index in [4.69, 9.17) is 5.11 Å². The maximum absolute atomic E-state index is 11.8. The van der Waals surface area contributed by atoms with E-state index in [9.17, 15) is 9.59 Å². The highest BCUT2D eigenvalue weighted by Crippen LogP contribution is 1.99. The van der Waals surface area contributed by atoms with Crippen LogP contribution in [0.4, 0.5) is 4.79 Å². The number of urea groups is 1. The van der Waals surface area contributed by atoms with Crippen LogP contribution in [-0.4, -0.2) is 66.2 Å². The molecule has 0 radical (unpaired) electrons. The van der Waals surface area contributed by atoms with Crippen molar-refractivity contribution >= 4 is 12.0 Å². The minimum Gasteiger partial charge on any atom is -0.480 e. The first-order valence-corrected chi connectivity index (χ1v) is 5.67. The summed E-state index contributed by atoms with van der Waals surface area (Å²) in [5, 5.41) is 11.5. The molecule has 2 N–H and O–H groups in total. The topological polar surface area (TPSA) is 72.9 Å². The van der Waals surface area contributed by atoms with Gasteiger partial charge in [0.05, 0.1) is 0 Å². The molecule has 6 heteroatoms. The summed E-state index contributed by atoms with van der Waals surface area (Å²) in [4.78, 5) is 25.8. The van der Waals surface area contributed by atoms with Crippen LogP contribution in [0.25, 0.3) is 0 Å². The summed E-state index contributed by atoms with van der Waals surface area (Å²) in [7, 11) is 3.83. The van der Waals surface area contributed by atoms with E-state index in [1.807, 2.05) is 25.9 Å². The Morgan fingerprint density at radius 3 is 2.12 bits per heavy atom. The number of aliphatic carboxylic acids is 1. The van der Waals surface area contributed by atoms with E-state index in [0.29, 0.717) is 6.54 Å². The Labute approximate surface area is 103 Å². The molecule has 6 nitrogen and oxygen atoms in total. The highest BCUT2D eigenvalue weighted by Gasteiger charge is 2.21. The number of hydrogen-bond donors (Lipinski definition) is 2. The second kappa shape index (κ2) is 7.11. The fourth-order valence-electron chi connectivity index (χ4n) is 1.52. The first-order valence-electron chi connectivity index (χ1n) is 5.67. The predicted molar refractivity (Wildman–Crippen MR) is 66.0 cm³/mol. The Hall–Kier alpha value is -1.30. The summed E-state index contributed by atoms with van der Waals surface area (Å²) in [6.45, 7) is 5.90. The number of hydrogen-bond acceptors (Lipinski definition) is 3. The Morgan fingerprint density at radius 1 is 1.24 bits per heavy atom. The summed E-state index contributed by atoms with van der Waals surface area (Å²) in [6, 6.07) is -0.498. The molecular weight excluding hydrogens is 222 g/mol. The van der Waals surface area contributed by atoms with Gasteiger partial charge in [0.25, 0.3) is 0 Å². The van der Waals surface area contributed by atoms with Crippen molar-refractivity contribution in [1.82, 2.24) is 15.1 Å². The molecule has 1 unspecified atom stereocenters. The van der Waals surface area contributed by atoms with E-state index in [0.717, 1.165) is 0 Å². The molecule has 0 aromatic rings. The van der Waals surface area contributed by atoms with Crippen LogP contribution < -0.4 is 5.32 Å². The van der Waals surface area contributed by atoms with Crippen molar-refractivity contribution in [3.05, 3.63) is 0 Å². The second-order valence-electron chi connectivity index (χ2n) is 4.73. The minimum absolute atomic E-state index is 0.0208. The lowest BCUT2D eigenvalue weighted by molar-refractivity contribution is -0.138. The zero-order valence-corrected chi connectivity index (χ0v) is 11.2. The molecule has 17 heavy (non-hydrogen) atoms. The molecule has 0 saturated carbocycles. The van der Waals surface area contributed by atoms with Crippen LogP contribution in [0.1, 0.15) is 20.8 Å². The van der Waals surface area contributed by atoms with Gasteiger partial charge >= 0.3 is 12.0 Å². The van der Waals surface area contributed by atoms with Crippen molar-refractivity contribution in [2.75, 3.05) is 27.2 Å².